The first kappa shape index (κ1) is 18.4. The molecular weight excluding hydrogens is 316 g/mol. The lowest BCUT2D eigenvalue weighted by atomic mass is 10.1. The molecule has 0 fully saturated rings. The summed E-state index contributed by atoms with van der Waals surface area (Å²) >= 11 is 0. The number of anilines is 2. The van der Waals surface area contributed by atoms with Crippen LogP contribution in [0.25, 0.3) is 0 Å². The normalized spacial score (nSPS) is 10.2. The Morgan fingerprint density at radius 3 is 2.36 bits per heavy atom. The quantitative estimate of drug-likeness (QED) is 0.847. The summed E-state index contributed by atoms with van der Waals surface area (Å²) in [7, 11) is 1.79. The van der Waals surface area contributed by atoms with E-state index in [-0.39, 0.29) is 18.4 Å². The van der Waals surface area contributed by atoms with Gasteiger partial charge in [0.05, 0.1) is 12.1 Å². The van der Waals surface area contributed by atoms with Gasteiger partial charge >= 0.3 is 0 Å². The molecule has 0 aliphatic rings. The second-order valence-corrected chi connectivity index (χ2v) is 5.94. The SMILES string of the molecule is CCNC(=O)c1ccc(N(C)CC(=O)Nc2c(C)cccc2C)nc1. The molecule has 1 aromatic heterocycles. The minimum absolute atomic E-state index is 0.116. The number of carbonyl (C=O) groups is 2. The van der Waals surface area contributed by atoms with Gasteiger partial charge in [0.1, 0.15) is 5.82 Å². The van der Waals surface area contributed by atoms with E-state index in [9.17, 15) is 9.59 Å². The van der Waals surface area contributed by atoms with E-state index in [0.717, 1.165) is 16.8 Å². The molecular formula is C19H24N4O2. The van der Waals surface area contributed by atoms with Gasteiger partial charge in [0.15, 0.2) is 0 Å². The van der Waals surface area contributed by atoms with Crippen LogP contribution < -0.4 is 15.5 Å². The maximum Gasteiger partial charge on any atom is 0.252 e. The van der Waals surface area contributed by atoms with Gasteiger partial charge in [-0.25, -0.2) is 4.98 Å². The third-order valence-corrected chi connectivity index (χ3v) is 3.86. The number of likely N-dealkylation sites (N-methyl/N-ethyl adjacent to an activating group) is 1. The summed E-state index contributed by atoms with van der Waals surface area (Å²) in [6.45, 7) is 6.53. The summed E-state index contributed by atoms with van der Waals surface area (Å²) < 4.78 is 0. The molecule has 0 aliphatic carbocycles. The van der Waals surface area contributed by atoms with Gasteiger partial charge < -0.3 is 15.5 Å². The smallest absolute Gasteiger partial charge is 0.252 e. The van der Waals surface area contributed by atoms with Gasteiger partial charge in [0.25, 0.3) is 5.91 Å². The summed E-state index contributed by atoms with van der Waals surface area (Å²) in [5.74, 6) is 0.358. The average molecular weight is 340 g/mol. The second-order valence-electron chi connectivity index (χ2n) is 5.94. The lowest BCUT2D eigenvalue weighted by molar-refractivity contribution is -0.114. The van der Waals surface area contributed by atoms with Crippen LogP contribution in [0.15, 0.2) is 36.5 Å². The molecule has 25 heavy (non-hydrogen) atoms. The number of hydrogen-bond donors (Lipinski definition) is 2. The van der Waals surface area contributed by atoms with Crippen LogP contribution in [0.2, 0.25) is 0 Å². The molecule has 0 bridgehead atoms. The predicted octanol–water partition coefficient (Wildman–Crippen LogP) is 2.52. The van der Waals surface area contributed by atoms with E-state index in [1.807, 2.05) is 39.0 Å². The van der Waals surface area contributed by atoms with Gasteiger partial charge in [-0.2, -0.15) is 0 Å². The zero-order chi connectivity index (χ0) is 18.4. The van der Waals surface area contributed by atoms with Crippen molar-refractivity contribution >= 4 is 23.3 Å². The first-order valence-corrected chi connectivity index (χ1v) is 8.23. The van der Waals surface area contributed by atoms with Gasteiger partial charge in [0, 0.05) is 25.5 Å². The van der Waals surface area contributed by atoms with E-state index in [1.54, 1.807) is 24.1 Å². The van der Waals surface area contributed by atoms with E-state index in [4.69, 9.17) is 0 Å². The standard InChI is InChI=1S/C19H24N4O2/c1-5-20-19(25)15-9-10-16(21-11-15)23(4)12-17(24)22-18-13(2)7-6-8-14(18)3/h6-11H,5,12H2,1-4H3,(H,20,25)(H,22,24). The lowest BCUT2D eigenvalue weighted by Crippen LogP contribution is -2.31. The number of carbonyl (C=O) groups excluding carboxylic acids is 2. The van der Waals surface area contributed by atoms with E-state index in [2.05, 4.69) is 15.6 Å². The number of nitrogens with one attached hydrogen (secondary N) is 2. The molecule has 132 valence electrons. The molecule has 6 heteroatoms. The van der Waals surface area contributed by atoms with Crippen molar-refractivity contribution in [2.75, 3.05) is 30.4 Å². The average Bonchev–Trinajstić information content (AvgIpc) is 2.58. The number of aromatic nitrogens is 1. The van der Waals surface area contributed by atoms with Crippen molar-refractivity contribution in [3.8, 4) is 0 Å². The van der Waals surface area contributed by atoms with Crippen LogP contribution in [0.4, 0.5) is 11.5 Å². The Bertz CT molecular complexity index is 736. The minimum atomic E-state index is -0.156. The summed E-state index contributed by atoms with van der Waals surface area (Å²) in [6, 6.07) is 9.33. The molecule has 2 rings (SSSR count). The monoisotopic (exact) mass is 340 g/mol. The second kappa shape index (κ2) is 8.28. The number of pyridine rings is 1. The highest BCUT2D eigenvalue weighted by Crippen LogP contribution is 2.19. The molecule has 0 unspecified atom stereocenters. The summed E-state index contributed by atoms with van der Waals surface area (Å²) in [6.07, 6.45) is 1.51. The molecule has 0 saturated heterocycles. The number of rotatable bonds is 6. The highest BCUT2D eigenvalue weighted by Gasteiger charge is 2.12. The number of hydrogen-bond acceptors (Lipinski definition) is 4. The van der Waals surface area contributed by atoms with Crippen LogP contribution in [0.5, 0.6) is 0 Å². The number of para-hydroxylation sites is 1. The fraction of sp³-hybridized carbons (Fsp3) is 0.316. The minimum Gasteiger partial charge on any atom is -0.352 e. The van der Waals surface area contributed by atoms with Gasteiger partial charge in [-0.15, -0.1) is 0 Å². The highest BCUT2D eigenvalue weighted by atomic mass is 16.2. The molecule has 0 radical (unpaired) electrons. The van der Waals surface area contributed by atoms with E-state index >= 15 is 0 Å². The zero-order valence-corrected chi connectivity index (χ0v) is 15.1. The molecule has 1 heterocycles. The summed E-state index contributed by atoms with van der Waals surface area (Å²) in [5.41, 5.74) is 3.40. The molecule has 1 aromatic carbocycles. The molecule has 0 saturated carbocycles. The predicted molar refractivity (Wildman–Crippen MR) is 100 cm³/mol. The first-order chi connectivity index (χ1) is 11.9. The van der Waals surface area contributed by atoms with Crippen LogP contribution >= 0.6 is 0 Å². The Morgan fingerprint density at radius 2 is 1.80 bits per heavy atom. The van der Waals surface area contributed by atoms with Crippen molar-refractivity contribution in [3.05, 3.63) is 53.2 Å². The van der Waals surface area contributed by atoms with Crippen molar-refractivity contribution < 1.29 is 9.59 Å². The molecule has 0 atom stereocenters. The molecule has 0 aliphatic heterocycles. The van der Waals surface area contributed by atoms with Crippen LogP contribution in [0.1, 0.15) is 28.4 Å². The number of amides is 2. The van der Waals surface area contributed by atoms with Crippen LogP contribution in [-0.4, -0.2) is 36.9 Å². The van der Waals surface area contributed by atoms with Gasteiger partial charge in [-0.05, 0) is 44.0 Å². The van der Waals surface area contributed by atoms with Crippen molar-refractivity contribution in [1.29, 1.82) is 0 Å². The lowest BCUT2D eigenvalue weighted by Gasteiger charge is -2.19. The van der Waals surface area contributed by atoms with Crippen molar-refractivity contribution in [3.63, 3.8) is 0 Å². The van der Waals surface area contributed by atoms with Crippen LogP contribution in [0, 0.1) is 13.8 Å². The summed E-state index contributed by atoms with van der Waals surface area (Å²) in [4.78, 5) is 30.1. The molecule has 2 amide bonds. The van der Waals surface area contributed by atoms with E-state index < -0.39 is 0 Å². The van der Waals surface area contributed by atoms with E-state index in [0.29, 0.717) is 17.9 Å². The Morgan fingerprint density at radius 1 is 1.12 bits per heavy atom. The van der Waals surface area contributed by atoms with Crippen molar-refractivity contribution in [2.45, 2.75) is 20.8 Å². The third-order valence-electron chi connectivity index (χ3n) is 3.86. The number of aryl methyl sites for hydroxylation is 2. The molecule has 2 N–H and O–H groups in total. The first-order valence-electron chi connectivity index (χ1n) is 8.23. The van der Waals surface area contributed by atoms with Gasteiger partial charge in [-0.1, -0.05) is 18.2 Å². The Hall–Kier alpha value is -2.89. The summed E-state index contributed by atoms with van der Waals surface area (Å²) in [5, 5.41) is 5.68. The van der Waals surface area contributed by atoms with Gasteiger partial charge in [-0.3, -0.25) is 9.59 Å². The van der Waals surface area contributed by atoms with Crippen molar-refractivity contribution in [2.24, 2.45) is 0 Å². The molecule has 6 nitrogen and oxygen atoms in total. The van der Waals surface area contributed by atoms with Gasteiger partial charge in [0.2, 0.25) is 5.91 Å². The van der Waals surface area contributed by atoms with Crippen molar-refractivity contribution in [1.82, 2.24) is 10.3 Å². The fourth-order valence-corrected chi connectivity index (χ4v) is 2.50. The zero-order valence-electron chi connectivity index (χ0n) is 15.1. The molecule has 0 spiro atoms. The third kappa shape index (κ3) is 4.79. The fourth-order valence-electron chi connectivity index (χ4n) is 2.50. The number of nitrogens with zero attached hydrogens (tertiary/aromatic N) is 2. The number of benzene rings is 1. The Labute approximate surface area is 148 Å². The Kier molecular flexibility index (Phi) is 6.11. The largest absolute Gasteiger partial charge is 0.352 e. The topological polar surface area (TPSA) is 74.3 Å². The molecule has 2 aromatic rings. The maximum atomic E-state index is 12.3. The van der Waals surface area contributed by atoms with Crippen LogP contribution in [-0.2, 0) is 4.79 Å². The highest BCUT2D eigenvalue weighted by molar-refractivity contribution is 5.95. The Balaban J connectivity index is 2.00. The maximum absolute atomic E-state index is 12.3. The van der Waals surface area contributed by atoms with Crippen LogP contribution in [0.3, 0.4) is 0 Å². The van der Waals surface area contributed by atoms with E-state index in [1.165, 1.54) is 6.20 Å².